The highest BCUT2D eigenvalue weighted by Crippen LogP contribution is 2.22. The van der Waals surface area contributed by atoms with E-state index in [4.69, 9.17) is 5.11 Å². The number of carboxylic acids is 1. The number of urea groups is 1. The zero-order valence-corrected chi connectivity index (χ0v) is 10.3. The largest absolute Gasteiger partial charge is 0.481 e. The van der Waals surface area contributed by atoms with Gasteiger partial charge in [-0.05, 0) is 19.3 Å². The molecule has 0 spiro atoms. The van der Waals surface area contributed by atoms with E-state index in [2.05, 4.69) is 5.32 Å². The fraction of sp³-hybridized carbons (Fsp3) is 0.667. The monoisotopic (exact) mass is 240 g/mol. The van der Waals surface area contributed by atoms with Gasteiger partial charge in [-0.3, -0.25) is 4.79 Å². The molecule has 96 valence electrons. The van der Waals surface area contributed by atoms with Crippen LogP contribution in [0, 0.1) is 11.8 Å². The molecule has 1 aliphatic rings. The molecule has 1 saturated heterocycles. The van der Waals surface area contributed by atoms with Gasteiger partial charge in [0.2, 0.25) is 0 Å². The first-order chi connectivity index (χ1) is 8.06. The Labute approximate surface area is 101 Å². The van der Waals surface area contributed by atoms with E-state index in [0.717, 1.165) is 6.42 Å². The van der Waals surface area contributed by atoms with Crippen molar-refractivity contribution in [2.45, 2.75) is 20.3 Å². The predicted octanol–water partition coefficient (Wildman–Crippen LogP) is 1.31. The third-order valence-electron chi connectivity index (χ3n) is 3.04. The quantitative estimate of drug-likeness (QED) is 0.575. The fourth-order valence-electron chi connectivity index (χ4n) is 1.99. The van der Waals surface area contributed by atoms with Crippen molar-refractivity contribution < 1.29 is 14.7 Å². The van der Waals surface area contributed by atoms with E-state index in [9.17, 15) is 9.59 Å². The Hall–Kier alpha value is -1.52. The summed E-state index contributed by atoms with van der Waals surface area (Å²) in [6.45, 7) is 5.22. The number of aliphatic carboxylic acids is 1. The summed E-state index contributed by atoms with van der Waals surface area (Å²) in [5.41, 5.74) is 0. The number of carboxylic acid groups (broad SMARTS) is 1. The van der Waals surface area contributed by atoms with Gasteiger partial charge in [0.05, 0.1) is 5.92 Å². The van der Waals surface area contributed by atoms with Crippen molar-refractivity contribution in [1.29, 1.82) is 0 Å². The molecule has 2 atom stereocenters. The third-order valence-corrected chi connectivity index (χ3v) is 3.04. The van der Waals surface area contributed by atoms with Crippen molar-refractivity contribution in [2.75, 3.05) is 19.6 Å². The molecule has 2 N–H and O–H groups in total. The van der Waals surface area contributed by atoms with Crippen LogP contribution in [0.1, 0.15) is 20.3 Å². The number of nitrogens with one attached hydrogen (secondary N) is 1. The highest BCUT2D eigenvalue weighted by atomic mass is 16.4. The van der Waals surface area contributed by atoms with Crippen LogP contribution in [0.2, 0.25) is 0 Å². The number of hydrogen-bond donors (Lipinski definition) is 2. The molecule has 0 bridgehead atoms. The number of carbonyl (C=O) groups is 2. The summed E-state index contributed by atoms with van der Waals surface area (Å²) in [5.74, 6) is -1.23. The molecular weight excluding hydrogens is 220 g/mol. The van der Waals surface area contributed by atoms with Crippen LogP contribution in [-0.4, -0.2) is 41.6 Å². The Balaban J connectivity index is 2.37. The normalized spacial score (nSPS) is 24.2. The van der Waals surface area contributed by atoms with Gasteiger partial charge >= 0.3 is 12.0 Å². The highest BCUT2D eigenvalue weighted by Gasteiger charge is 2.36. The lowest BCUT2D eigenvalue weighted by molar-refractivity contribution is -0.142. The summed E-state index contributed by atoms with van der Waals surface area (Å²) in [5, 5.41) is 11.7. The molecule has 2 amide bonds. The Kier molecular flexibility index (Phi) is 5.00. The number of hydrogen-bond acceptors (Lipinski definition) is 2. The average molecular weight is 240 g/mol. The molecule has 1 aliphatic heterocycles. The SMILES string of the molecule is C/C=C/CCNC(=O)N1CC(C)C(C(=O)O)C1. The molecule has 1 fully saturated rings. The molecule has 0 aromatic rings. The van der Waals surface area contributed by atoms with E-state index in [0.29, 0.717) is 19.6 Å². The molecule has 0 aromatic heterocycles. The van der Waals surface area contributed by atoms with E-state index in [1.165, 1.54) is 0 Å². The number of amides is 2. The number of allylic oxidation sites excluding steroid dienone is 1. The van der Waals surface area contributed by atoms with Gasteiger partial charge in [0.25, 0.3) is 0 Å². The number of rotatable bonds is 4. The van der Waals surface area contributed by atoms with Gasteiger partial charge in [0, 0.05) is 19.6 Å². The van der Waals surface area contributed by atoms with E-state index >= 15 is 0 Å². The molecule has 1 heterocycles. The molecule has 0 aromatic carbocycles. The van der Waals surface area contributed by atoms with E-state index < -0.39 is 11.9 Å². The van der Waals surface area contributed by atoms with E-state index in [1.54, 1.807) is 4.90 Å². The lowest BCUT2D eigenvalue weighted by atomic mass is 9.99. The van der Waals surface area contributed by atoms with Crippen molar-refractivity contribution in [3.05, 3.63) is 12.2 Å². The zero-order valence-electron chi connectivity index (χ0n) is 10.3. The van der Waals surface area contributed by atoms with Crippen LogP contribution in [-0.2, 0) is 4.79 Å². The fourth-order valence-corrected chi connectivity index (χ4v) is 1.99. The highest BCUT2D eigenvalue weighted by molar-refractivity contribution is 5.77. The Bertz CT molecular complexity index is 315. The molecule has 17 heavy (non-hydrogen) atoms. The van der Waals surface area contributed by atoms with Crippen LogP contribution in [0.15, 0.2) is 12.2 Å². The summed E-state index contributed by atoms with van der Waals surface area (Å²) in [6.07, 6.45) is 4.71. The summed E-state index contributed by atoms with van der Waals surface area (Å²) in [4.78, 5) is 24.2. The van der Waals surface area contributed by atoms with Crippen LogP contribution in [0.3, 0.4) is 0 Å². The summed E-state index contributed by atoms with van der Waals surface area (Å²) < 4.78 is 0. The number of nitrogens with zero attached hydrogens (tertiary/aromatic N) is 1. The van der Waals surface area contributed by atoms with Crippen molar-refractivity contribution in [2.24, 2.45) is 11.8 Å². The smallest absolute Gasteiger partial charge is 0.317 e. The molecule has 2 unspecified atom stereocenters. The molecule has 5 nitrogen and oxygen atoms in total. The van der Waals surface area contributed by atoms with Gasteiger partial charge in [-0.25, -0.2) is 4.79 Å². The number of carbonyl (C=O) groups excluding carboxylic acids is 1. The second-order valence-corrected chi connectivity index (χ2v) is 4.42. The van der Waals surface area contributed by atoms with Gasteiger partial charge in [-0.1, -0.05) is 19.1 Å². The van der Waals surface area contributed by atoms with E-state index in [-0.39, 0.29) is 11.9 Å². The first-order valence-corrected chi connectivity index (χ1v) is 5.93. The van der Waals surface area contributed by atoms with Gasteiger partial charge in [0.1, 0.15) is 0 Å². The maximum Gasteiger partial charge on any atom is 0.317 e. The minimum atomic E-state index is -0.818. The summed E-state index contributed by atoms with van der Waals surface area (Å²) in [7, 11) is 0. The number of likely N-dealkylation sites (tertiary alicyclic amines) is 1. The Morgan fingerprint density at radius 3 is 2.71 bits per heavy atom. The zero-order chi connectivity index (χ0) is 12.8. The van der Waals surface area contributed by atoms with Gasteiger partial charge in [-0.2, -0.15) is 0 Å². The van der Waals surface area contributed by atoms with Crippen LogP contribution in [0.4, 0.5) is 4.79 Å². The molecule has 1 rings (SSSR count). The lowest BCUT2D eigenvalue weighted by Crippen LogP contribution is -2.39. The second kappa shape index (κ2) is 6.27. The minimum Gasteiger partial charge on any atom is -0.481 e. The topological polar surface area (TPSA) is 69.6 Å². The molecule has 0 aliphatic carbocycles. The van der Waals surface area contributed by atoms with Crippen molar-refractivity contribution in [3.8, 4) is 0 Å². The molecule has 0 radical (unpaired) electrons. The third kappa shape index (κ3) is 3.76. The van der Waals surface area contributed by atoms with Crippen molar-refractivity contribution >= 4 is 12.0 Å². The van der Waals surface area contributed by atoms with Crippen LogP contribution >= 0.6 is 0 Å². The summed E-state index contributed by atoms with van der Waals surface area (Å²) in [6, 6.07) is -0.162. The second-order valence-electron chi connectivity index (χ2n) is 4.42. The maximum absolute atomic E-state index is 11.7. The first-order valence-electron chi connectivity index (χ1n) is 5.93. The average Bonchev–Trinajstić information content (AvgIpc) is 2.66. The van der Waals surface area contributed by atoms with Crippen molar-refractivity contribution in [1.82, 2.24) is 10.2 Å². The molecular formula is C12H20N2O3. The van der Waals surface area contributed by atoms with Gasteiger partial charge in [-0.15, -0.1) is 0 Å². The van der Waals surface area contributed by atoms with Gasteiger partial charge in [0.15, 0.2) is 0 Å². The summed E-state index contributed by atoms with van der Waals surface area (Å²) >= 11 is 0. The molecule has 0 saturated carbocycles. The maximum atomic E-state index is 11.7. The standard InChI is InChI=1S/C12H20N2O3/c1-3-4-5-6-13-12(17)14-7-9(2)10(8-14)11(15)16/h3-4,9-10H,5-8H2,1-2H3,(H,13,17)(H,15,16)/b4-3+. The Morgan fingerprint density at radius 2 is 2.18 bits per heavy atom. The van der Waals surface area contributed by atoms with Crippen LogP contribution in [0.25, 0.3) is 0 Å². The Morgan fingerprint density at radius 1 is 1.47 bits per heavy atom. The minimum absolute atomic E-state index is 0.0220. The van der Waals surface area contributed by atoms with Crippen LogP contribution in [0.5, 0.6) is 0 Å². The first kappa shape index (κ1) is 13.5. The van der Waals surface area contributed by atoms with Crippen LogP contribution < -0.4 is 5.32 Å². The molecule has 5 heteroatoms. The van der Waals surface area contributed by atoms with Crippen molar-refractivity contribution in [3.63, 3.8) is 0 Å². The van der Waals surface area contributed by atoms with Gasteiger partial charge < -0.3 is 15.3 Å². The van der Waals surface area contributed by atoms with E-state index in [1.807, 2.05) is 26.0 Å². The lowest BCUT2D eigenvalue weighted by Gasteiger charge is -2.16. The predicted molar refractivity (Wildman–Crippen MR) is 64.7 cm³/mol.